The van der Waals surface area contributed by atoms with Crippen LogP contribution in [0.4, 0.5) is 0 Å². The number of aliphatic hydroxyl groups is 2. The van der Waals surface area contributed by atoms with Crippen LogP contribution in [0.25, 0.3) is 0 Å². The van der Waals surface area contributed by atoms with Gasteiger partial charge >= 0.3 is 5.97 Å². The lowest BCUT2D eigenvalue weighted by Crippen LogP contribution is -2.24. The molecule has 4 heteroatoms. The fourth-order valence-corrected chi connectivity index (χ4v) is 2.33. The molecule has 0 saturated heterocycles. The zero-order valence-corrected chi connectivity index (χ0v) is 14.9. The van der Waals surface area contributed by atoms with E-state index in [2.05, 4.69) is 23.5 Å². The smallest absolute Gasteiger partial charge is 0.305 e. The zero-order chi connectivity index (χ0) is 17.3. The first kappa shape index (κ1) is 21.9. The highest BCUT2D eigenvalue weighted by Gasteiger charge is 2.12. The van der Waals surface area contributed by atoms with Crippen molar-refractivity contribution < 1.29 is 19.7 Å². The van der Waals surface area contributed by atoms with Gasteiger partial charge in [-0.2, -0.15) is 0 Å². The average Bonchev–Trinajstić information content (AvgIpc) is 2.56. The Morgan fingerprint density at radius 1 is 1.00 bits per heavy atom. The van der Waals surface area contributed by atoms with Gasteiger partial charge in [0.1, 0.15) is 6.10 Å². The van der Waals surface area contributed by atoms with Crippen molar-refractivity contribution in [2.45, 2.75) is 96.2 Å². The highest BCUT2D eigenvalue weighted by Crippen LogP contribution is 2.09. The van der Waals surface area contributed by atoms with Crippen molar-refractivity contribution in [3.05, 3.63) is 0 Å². The van der Waals surface area contributed by atoms with Gasteiger partial charge in [0.15, 0.2) is 0 Å². The van der Waals surface area contributed by atoms with Gasteiger partial charge < -0.3 is 14.9 Å². The number of hydrogen-bond donors (Lipinski definition) is 2. The first-order chi connectivity index (χ1) is 11.1. The van der Waals surface area contributed by atoms with Crippen LogP contribution < -0.4 is 0 Å². The molecule has 2 unspecified atom stereocenters. The van der Waals surface area contributed by atoms with E-state index < -0.39 is 12.2 Å². The molecule has 0 fully saturated rings. The fraction of sp³-hybridized carbons (Fsp3) is 0.842. The second-order valence-corrected chi connectivity index (χ2v) is 6.03. The predicted molar refractivity (Wildman–Crippen MR) is 92.9 cm³/mol. The number of ether oxygens (including phenoxy) is 1. The van der Waals surface area contributed by atoms with Crippen molar-refractivity contribution in [1.82, 2.24) is 0 Å². The minimum atomic E-state index is -0.920. The van der Waals surface area contributed by atoms with Crippen LogP contribution in [-0.2, 0) is 9.53 Å². The first-order valence-corrected chi connectivity index (χ1v) is 9.03. The summed E-state index contributed by atoms with van der Waals surface area (Å²) < 4.78 is 4.59. The van der Waals surface area contributed by atoms with Gasteiger partial charge in [0.05, 0.1) is 13.2 Å². The lowest BCUT2D eigenvalue weighted by atomic mass is 10.0. The molecule has 0 aromatic carbocycles. The molecule has 0 rings (SSSR count). The van der Waals surface area contributed by atoms with E-state index >= 15 is 0 Å². The molecule has 0 aliphatic rings. The maximum Gasteiger partial charge on any atom is 0.305 e. The van der Waals surface area contributed by atoms with Crippen molar-refractivity contribution in [2.24, 2.45) is 0 Å². The summed E-state index contributed by atoms with van der Waals surface area (Å²) in [5.41, 5.74) is 0. The Morgan fingerprint density at radius 3 is 2.35 bits per heavy atom. The van der Waals surface area contributed by atoms with E-state index in [1.54, 1.807) is 0 Å². The van der Waals surface area contributed by atoms with Gasteiger partial charge in [-0.25, -0.2) is 0 Å². The fourth-order valence-electron chi connectivity index (χ4n) is 2.33. The number of unbranched alkanes of at least 4 members (excludes halogenated alkanes) is 8. The molecule has 23 heavy (non-hydrogen) atoms. The Labute approximate surface area is 141 Å². The van der Waals surface area contributed by atoms with Crippen LogP contribution in [0, 0.1) is 11.8 Å². The van der Waals surface area contributed by atoms with E-state index in [4.69, 9.17) is 0 Å². The SMILES string of the molecule is CCCCCCC(O)C(O)C#CCCCCCCCC(=O)OC. The molecule has 0 saturated carbocycles. The summed E-state index contributed by atoms with van der Waals surface area (Å²) in [6.07, 6.45) is 9.67. The molecule has 0 aromatic heterocycles. The molecule has 0 bridgehead atoms. The molecule has 0 spiro atoms. The van der Waals surface area contributed by atoms with Crippen molar-refractivity contribution >= 4 is 5.97 Å². The van der Waals surface area contributed by atoms with E-state index in [1.807, 2.05) is 0 Å². The van der Waals surface area contributed by atoms with Crippen LogP contribution in [0.3, 0.4) is 0 Å². The van der Waals surface area contributed by atoms with Gasteiger partial charge in [0.2, 0.25) is 0 Å². The number of carbonyl (C=O) groups excluding carboxylic acids is 1. The van der Waals surface area contributed by atoms with Crippen LogP contribution in [0.15, 0.2) is 0 Å². The zero-order valence-electron chi connectivity index (χ0n) is 14.9. The topological polar surface area (TPSA) is 66.8 Å². The molecular weight excluding hydrogens is 292 g/mol. The summed E-state index contributed by atoms with van der Waals surface area (Å²) in [5, 5.41) is 19.5. The molecule has 0 aromatic rings. The molecule has 0 aliphatic carbocycles. The summed E-state index contributed by atoms with van der Waals surface area (Å²) in [7, 11) is 1.41. The van der Waals surface area contributed by atoms with Gasteiger partial charge in [0, 0.05) is 12.8 Å². The van der Waals surface area contributed by atoms with Crippen molar-refractivity contribution in [1.29, 1.82) is 0 Å². The average molecular weight is 326 g/mol. The van der Waals surface area contributed by atoms with E-state index in [0.717, 1.165) is 51.4 Å². The van der Waals surface area contributed by atoms with E-state index in [-0.39, 0.29) is 5.97 Å². The highest BCUT2D eigenvalue weighted by atomic mass is 16.5. The van der Waals surface area contributed by atoms with Gasteiger partial charge in [-0.1, -0.05) is 57.8 Å². The first-order valence-electron chi connectivity index (χ1n) is 9.03. The summed E-state index contributed by atoms with van der Waals surface area (Å²) >= 11 is 0. The largest absolute Gasteiger partial charge is 0.469 e. The lowest BCUT2D eigenvalue weighted by Gasteiger charge is -2.12. The Kier molecular flexibility index (Phi) is 15.1. The Hall–Kier alpha value is -1.05. The number of rotatable bonds is 13. The van der Waals surface area contributed by atoms with Crippen LogP contribution in [0.1, 0.15) is 84.0 Å². The monoisotopic (exact) mass is 326 g/mol. The molecule has 2 atom stereocenters. The maximum atomic E-state index is 10.9. The van der Waals surface area contributed by atoms with Gasteiger partial charge in [-0.05, 0) is 19.3 Å². The van der Waals surface area contributed by atoms with Crippen molar-refractivity contribution in [3.63, 3.8) is 0 Å². The molecule has 0 amide bonds. The summed E-state index contributed by atoms with van der Waals surface area (Å²) in [4.78, 5) is 10.9. The molecule has 134 valence electrons. The molecular formula is C19H34O4. The van der Waals surface area contributed by atoms with E-state index in [1.165, 1.54) is 20.0 Å². The van der Waals surface area contributed by atoms with E-state index in [9.17, 15) is 15.0 Å². The quantitative estimate of drug-likeness (QED) is 0.308. The number of carbonyl (C=O) groups is 1. The minimum Gasteiger partial charge on any atom is -0.469 e. The molecule has 0 heterocycles. The molecule has 4 nitrogen and oxygen atoms in total. The van der Waals surface area contributed by atoms with Gasteiger partial charge in [-0.3, -0.25) is 4.79 Å². The second kappa shape index (κ2) is 15.8. The third-order valence-corrected chi connectivity index (χ3v) is 3.88. The molecule has 2 N–H and O–H groups in total. The number of aliphatic hydroxyl groups excluding tert-OH is 2. The number of esters is 1. The van der Waals surface area contributed by atoms with E-state index in [0.29, 0.717) is 12.8 Å². The second-order valence-electron chi connectivity index (χ2n) is 6.03. The van der Waals surface area contributed by atoms with Crippen LogP contribution in [-0.4, -0.2) is 35.5 Å². The van der Waals surface area contributed by atoms with Crippen molar-refractivity contribution in [3.8, 4) is 11.8 Å². The third kappa shape index (κ3) is 14.3. The van der Waals surface area contributed by atoms with Crippen molar-refractivity contribution in [2.75, 3.05) is 7.11 Å². The van der Waals surface area contributed by atoms with Gasteiger partial charge in [-0.15, -0.1) is 5.92 Å². The summed E-state index contributed by atoms with van der Waals surface area (Å²) in [6, 6.07) is 0. The third-order valence-electron chi connectivity index (χ3n) is 3.88. The predicted octanol–water partition coefficient (Wildman–Crippen LogP) is 3.59. The van der Waals surface area contributed by atoms with Crippen LogP contribution in [0.5, 0.6) is 0 Å². The van der Waals surface area contributed by atoms with Crippen LogP contribution in [0.2, 0.25) is 0 Å². The highest BCUT2D eigenvalue weighted by molar-refractivity contribution is 5.68. The minimum absolute atomic E-state index is 0.141. The Balaban J connectivity index is 3.53. The molecule has 0 aliphatic heterocycles. The standard InChI is InChI=1S/C19H34O4/c1-3-4-5-11-14-17(20)18(21)15-12-9-7-6-8-10-13-16-19(22)23-2/h17-18,20-21H,3-11,13-14,16H2,1-2H3. The maximum absolute atomic E-state index is 10.9. The summed E-state index contributed by atoms with van der Waals surface area (Å²) in [5.74, 6) is 5.55. The van der Waals surface area contributed by atoms with Crippen LogP contribution >= 0.6 is 0 Å². The Morgan fingerprint density at radius 2 is 1.65 bits per heavy atom. The van der Waals surface area contributed by atoms with Gasteiger partial charge in [0.25, 0.3) is 0 Å². The summed E-state index contributed by atoms with van der Waals surface area (Å²) in [6.45, 7) is 2.15. The number of methoxy groups -OCH3 is 1. The molecule has 0 radical (unpaired) electrons. The lowest BCUT2D eigenvalue weighted by molar-refractivity contribution is -0.140. The normalized spacial score (nSPS) is 13.0. The number of hydrogen-bond acceptors (Lipinski definition) is 4. The Bertz CT molecular complexity index is 343.